The van der Waals surface area contributed by atoms with Crippen LogP contribution in [-0.4, -0.2) is 42.5 Å². The van der Waals surface area contributed by atoms with Gasteiger partial charge in [0.25, 0.3) is 11.6 Å². The Morgan fingerprint density at radius 1 is 1.21 bits per heavy atom. The van der Waals surface area contributed by atoms with Gasteiger partial charge in [0.15, 0.2) is 6.61 Å². The summed E-state index contributed by atoms with van der Waals surface area (Å²) in [5.74, 6) is -0.125. The fourth-order valence-electron chi connectivity index (χ4n) is 4.28. The average Bonchev–Trinajstić information content (AvgIpc) is 3.24. The monoisotopic (exact) mass is 403 g/mol. The number of carbonyl (C=O) groups is 2. The van der Waals surface area contributed by atoms with Crippen LogP contribution in [0.25, 0.3) is 0 Å². The number of benzene rings is 1. The minimum absolute atomic E-state index is 0.0860. The molecule has 1 saturated carbocycles. The number of nitrogens with zero attached hydrogens (tertiary/aromatic N) is 2. The second-order valence-electron chi connectivity index (χ2n) is 8.17. The van der Waals surface area contributed by atoms with Crippen molar-refractivity contribution >= 4 is 23.3 Å². The van der Waals surface area contributed by atoms with Crippen LogP contribution in [0.5, 0.6) is 0 Å². The molecule has 1 N–H and O–H groups in total. The van der Waals surface area contributed by atoms with Crippen LogP contribution in [-0.2, 0) is 9.53 Å². The Bertz CT molecular complexity index is 776. The Kier molecular flexibility index (Phi) is 6.71. The third kappa shape index (κ3) is 5.05. The summed E-state index contributed by atoms with van der Waals surface area (Å²) < 4.78 is 5.23. The van der Waals surface area contributed by atoms with E-state index in [2.05, 4.69) is 19.2 Å². The van der Waals surface area contributed by atoms with Gasteiger partial charge in [0.2, 0.25) is 0 Å². The topological polar surface area (TPSA) is 102 Å². The summed E-state index contributed by atoms with van der Waals surface area (Å²) in [7, 11) is 0. The van der Waals surface area contributed by atoms with Gasteiger partial charge in [-0.1, -0.05) is 26.7 Å². The molecule has 1 amide bonds. The van der Waals surface area contributed by atoms with E-state index in [4.69, 9.17) is 4.74 Å². The first-order chi connectivity index (χ1) is 13.9. The molecule has 29 heavy (non-hydrogen) atoms. The summed E-state index contributed by atoms with van der Waals surface area (Å²) in [6, 6.07) is 4.30. The van der Waals surface area contributed by atoms with Gasteiger partial charge in [-0.3, -0.25) is 14.9 Å². The zero-order valence-electron chi connectivity index (χ0n) is 17.1. The molecule has 1 aliphatic heterocycles. The van der Waals surface area contributed by atoms with Crippen molar-refractivity contribution in [2.24, 2.45) is 11.8 Å². The van der Waals surface area contributed by atoms with Gasteiger partial charge in [0.05, 0.1) is 16.2 Å². The van der Waals surface area contributed by atoms with Crippen molar-refractivity contribution in [1.82, 2.24) is 5.32 Å². The Labute approximate surface area is 170 Å². The van der Waals surface area contributed by atoms with Crippen molar-refractivity contribution in [3.8, 4) is 0 Å². The minimum atomic E-state index is -0.712. The number of carbonyl (C=O) groups excluding carboxylic acids is 2. The van der Waals surface area contributed by atoms with Gasteiger partial charge in [-0.25, -0.2) is 4.79 Å². The summed E-state index contributed by atoms with van der Waals surface area (Å²) >= 11 is 0. The minimum Gasteiger partial charge on any atom is -0.452 e. The molecule has 1 aromatic carbocycles. The predicted octanol–water partition coefficient (Wildman–Crippen LogP) is 3.29. The summed E-state index contributed by atoms with van der Waals surface area (Å²) in [6.45, 7) is 5.50. The number of hydrogen-bond acceptors (Lipinski definition) is 6. The highest BCUT2D eigenvalue weighted by atomic mass is 16.6. The molecule has 2 aliphatic rings. The first-order valence-corrected chi connectivity index (χ1v) is 10.4. The molecule has 2 fully saturated rings. The highest BCUT2D eigenvalue weighted by molar-refractivity contribution is 5.97. The highest BCUT2D eigenvalue weighted by Crippen LogP contribution is 2.30. The van der Waals surface area contributed by atoms with Crippen molar-refractivity contribution < 1.29 is 19.2 Å². The number of non-ortho nitro benzene ring substituents is 1. The van der Waals surface area contributed by atoms with Crippen LogP contribution in [0.15, 0.2) is 18.2 Å². The standard InChI is InChI=1S/C21H29N3O5/c1-14-6-5-7-18(15(14)2)22-20(25)13-29-21(26)17-12-16(24(27)28)8-9-19(17)23-10-3-4-11-23/h8-9,12,14-15,18H,3-7,10-11,13H2,1-2H3,(H,22,25)/t14-,15+,18-/m1/s1. The van der Waals surface area contributed by atoms with Gasteiger partial charge >= 0.3 is 5.97 Å². The number of nitrogens with one attached hydrogen (secondary N) is 1. The molecule has 3 atom stereocenters. The molecule has 3 rings (SSSR count). The maximum atomic E-state index is 12.7. The number of rotatable bonds is 6. The van der Waals surface area contributed by atoms with Gasteiger partial charge in [-0.2, -0.15) is 0 Å². The smallest absolute Gasteiger partial charge is 0.341 e. The first kappa shape index (κ1) is 21.1. The van der Waals surface area contributed by atoms with Crippen molar-refractivity contribution in [2.45, 2.75) is 52.0 Å². The van der Waals surface area contributed by atoms with E-state index in [0.717, 1.165) is 45.2 Å². The van der Waals surface area contributed by atoms with Crippen LogP contribution in [0.1, 0.15) is 56.3 Å². The van der Waals surface area contributed by atoms with E-state index < -0.39 is 17.5 Å². The van der Waals surface area contributed by atoms with Crippen molar-refractivity contribution in [1.29, 1.82) is 0 Å². The van der Waals surface area contributed by atoms with Crippen LogP contribution in [0.2, 0.25) is 0 Å². The fraction of sp³-hybridized carbons (Fsp3) is 0.619. The summed E-state index contributed by atoms with van der Waals surface area (Å²) in [5, 5.41) is 14.1. The number of esters is 1. The quantitative estimate of drug-likeness (QED) is 0.444. The summed E-state index contributed by atoms with van der Waals surface area (Å²) in [4.78, 5) is 37.6. The van der Waals surface area contributed by atoms with E-state index in [0.29, 0.717) is 17.5 Å². The molecule has 0 bridgehead atoms. The summed E-state index contributed by atoms with van der Waals surface area (Å²) in [6.07, 6.45) is 5.17. The Morgan fingerprint density at radius 3 is 2.62 bits per heavy atom. The van der Waals surface area contributed by atoms with Crippen LogP contribution in [0.4, 0.5) is 11.4 Å². The van der Waals surface area contributed by atoms with Gasteiger partial charge in [-0.05, 0) is 37.2 Å². The van der Waals surface area contributed by atoms with Crippen LogP contribution >= 0.6 is 0 Å². The lowest BCUT2D eigenvalue weighted by molar-refractivity contribution is -0.384. The molecule has 0 spiro atoms. The lowest BCUT2D eigenvalue weighted by Gasteiger charge is -2.34. The Morgan fingerprint density at radius 2 is 1.93 bits per heavy atom. The van der Waals surface area contributed by atoms with Crippen molar-refractivity contribution in [3.63, 3.8) is 0 Å². The molecule has 0 radical (unpaired) electrons. The van der Waals surface area contributed by atoms with E-state index in [1.807, 2.05) is 4.90 Å². The number of ether oxygens (including phenoxy) is 1. The molecular formula is C21H29N3O5. The second-order valence-corrected chi connectivity index (χ2v) is 8.17. The molecule has 8 nitrogen and oxygen atoms in total. The third-order valence-corrected chi connectivity index (χ3v) is 6.25. The molecular weight excluding hydrogens is 374 g/mol. The zero-order valence-corrected chi connectivity index (χ0v) is 17.1. The lowest BCUT2D eigenvalue weighted by Crippen LogP contribution is -2.45. The zero-order chi connectivity index (χ0) is 21.0. The molecule has 8 heteroatoms. The summed E-state index contributed by atoms with van der Waals surface area (Å²) in [5.41, 5.74) is 0.580. The van der Waals surface area contributed by atoms with E-state index in [1.54, 1.807) is 6.07 Å². The van der Waals surface area contributed by atoms with Crippen LogP contribution in [0, 0.1) is 22.0 Å². The first-order valence-electron chi connectivity index (χ1n) is 10.4. The molecule has 158 valence electrons. The molecule has 1 aromatic rings. The van der Waals surface area contributed by atoms with E-state index in [1.165, 1.54) is 12.1 Å². The van der Waals surface area contributed by atoms with Crippen LogP contribution in [0.3, 0.4) is 0 Å². The van der Waals surface area contributed by atoms with Crippen LogP contribution < -0.4 is 10.2 Å². The number of amides is 1. The largest absolute Gasteiger partial charge is 0.452 e. The fourth-order valence-corrected chi connectivity index (χ4v) is 4.28. The van der Waals surface area contributed by atoms with Gasteiger partial charge in [0.1, 0.15) is 0 Å². The number of nitro benzene ring substituents is 1. The van der Waals surface area contributed by atoms with Gasteiger partial charge in [0, 0.05) is 31.3 Å². The normalized spacial score (nSPS) is 24.2. The van der Waals surface area contributed by atoms with E-state index in [9.17, 15) is 19.7 Å². The molecule has 0 unspecified atom stereocenters. The van der Waals surface area contributed by atoms with Crippen molar-refractivity contribution in [3.05, 3.63) is 33.9 Å². The number of anilines is 1. The molecule has 0 aromatic heterocycles. The maximum absolute atomic E-state index is 12.7. The number of hydrogen-bond donors (Lipinski definition) is 1. The SMILES string of the molecule is C[C@H]1[C@H](C)CCC[C@H]1NC(=O)COC(=O)c1cc([N+](=O)[O-])ccc1N1CCCC1. The third-order valence-electron chi connectivity index (χ3n) is 6.25. The highest BCUT2D eigenvalue weighted by Gasteiger charge is 2.29. The van der Waals surface area contributed by atoms with Gasteiger partial charge < -0.3 is 15.0 Å². The maximum Gasteiger partial charge on any atom is 0.341 e. The van der Waals surface area contributed by atoms with E-state index >= 15 is 0 Å². The number of nitro groups is 1. The average molecular weight is 403 g/mol. The van der Waals surface area contributed by atoms with E-state index in [-0.39, 0.29) is 23.2 Å². The molecule has 1 saturated heterocycles. The second kappa shape index (κ2) is 9.24. The Balaban J connectivity index is 1.65. The lowest BCUT2D eigenvalue weighted by atomic mass is 9.78. The predicted molar refractivity (Wildman–Crippen MR) is 109 cm³/mol. The van der Waals surface area contributed by atoms with Crippen molar-refractivity contribution in [2.75, 3.05) is 24.6 Å². The molecule has 1 heterocycles. The Hall–Kier alpha value is -2.64. The van der Waals surface area contributed by atoms with Gasteiger partial charge in [-0.15, -0.1) is 0 Å². The molecule has 1 aliphatic carbocycles.